The molecule has 7 heteroatoms. The van der Waals surface area contributed by atoms with Gasteiger partial charge in [0.15, 0.2) is 0 Å². The molecule has 3 heterocycles. The second-order valence-electron chi connectivity index (χ2n) is 7.07. The van der Waals surface area contributed by atoms with Crippen LogP contribution < -0.4 is 10.6 Å². The van der Waals surface area contributed by atoms with Gasteiger partial charge in [-0.3, -0.25) is 4.90 Å². The van der Waals surface area contributed by atoms with Crippen LogP contribution in [-0.4, -0.2) is 83.8 Å². The monoisotopic (exact) mass is 334 g/mol. The fourth-order valence-corrected chi connectivity index (χ4v) is 4.03. The van der Waals surface area contributed by atoms with E-state index in [4.69, 9.17) is 5.73 Å². The summed E-state index contributed by atoms with van der Waals surface area (Å²) in [4.78, 5) is 15.8. The molecule has 0 aromatic carbocycles. The van der Waals surface area contributed by atoms with Crippen molar-refractivity contribution in [2.45, 2.75) is 25.3 Å². The molecule has 1 aromatic heterocycles. The average molecular weight is 334 g/mol. The fourth-order valence-electron chi connectivity index (χ4n) is 4.03. The number of hydrogen-bond donors (Lipinski definition) is 2. The molecule has 2 saturated heterocycles. The third-order valence-corrected chi connectivity index (χ3v) is 5.43. The highest BCUT2D eigenvalue weighted by molar-refractivity contribution is 5.46. The molecule has 0 bridgehead atoms. The Morgan fingerprint density at radius 3 is 2.71 bits per heavy atom. The van der Waals surface area contributed by atoms with E-state index in [0.29, 0.717) is 17.8 Å². The Labute approximate surface area is 144 Å². The van der Waals surface area contributed by atoms with Gasteiger partial charge < -0.3 is 20.6 Å². The number of nitrogen functional groups attached to an aromatic ring is 1. The first kappa shape index (κ1) is 17.4. The zero-order valence-electron chi connectivity index (χ0n) is 14.6. The second-order valence-corrected chi connectivity index (χ2v) is 7.07. The van der Waals surface area contributed by atoms with Crippen molar-refractivity contribution in [1.82, 2.24) is 19.8 Å². The van der Waals surface area contributed by atoms with Gasteiger partial charge in [-0.2, -0.15) is 0 Å². The highest BCUT2D eigenvalue weighted by atomic mass is 16.2. The van der Waals surface area contributed by atoms with Gasteiger partial charge in [-0.25, -0.2) is 9.97 Å². The first-order valence-electron chi connectivity index (χ1n) is 9.03. The standard InChI is InChI=1S/C17H30N6O/c1-21-6-8-22(9-7-21)15-4-5-23(12-14(15)3-2-10-24)17-11-16(18)19-13-20-17/h11,13-15,24H,2-10,12H2,1H3,(H2,18,19,20)/t14-,15+/m0/s1. The van der Waals surface area contributed by atoms with Gasteiger partial charge in [0.2, 0.25) is 0 Å². The number of hydrogen-bond acceptors (Lipinski definition) is 7. The predicted molar refractivity (Wildman–Crippen MR) is 95.9 cm³/mol. The summed E-state index contributed by atoms with van der Waals surface area (Å²) >= 11 is 0. The van der Waals surface area contributed by atoms with Gasteiger partial charge in [0, 0.05) is 58.0 Å². The molecular weight excluding hydrogens is 304 g/mol. The molecular formula is C17H30N6O. The number of nitrogens with two attached hydrogens (primary N) is 1. The number of anilines is 2. The predicted octanol–water partition coefficient (Wildman–Crippen LogP) is 0.274. The normalized spacial score (nSPS) is 26.7. The Balaban J connectivity index is 1.68. The minimum atomic E-state index is 0.270. The van der Waals surface area contributed by atoms with Gasteiger partial charge in [-0.1, -0.05) is 0 Å². The number of nitrogens with zero attached hydrogens (tertiary/aromatic N) is 5. The molecule has 3 rings (SSSR count). The third kappa shape index (κ3) is 4.15. The second kappa shape index (κ2) is 8.09. The van der Waals surface area contributed by atoms with Crippen LogP contribution in [0.3, 0.4) is 0 Å². The van der Waals surface area contributed by atoms with Gasteiger partial charge in [0.1, 0.15) is 18.0 Å². The van der Waals surface area contributed by atoms with E-state index < -0.39 is 0 Å². The average Bonchev–Trinajstić information content (AvgIpc) is 2.60. The van der Waals surface area contributed by atoms with Gasteiger partial charge in [0.05, 0.1) is 0 Å². The molecule has 2 aliphatic rings. The van der Waals surface area contributed by atoms with Crippen molar-refractivity contribution in [3.63, 3.8) is 0 Å². The fraction of sp³-hybridized carbons (Fsp3) is 0.765. The van der Waals surface area contributed by atoms with E-state index in [0.717, 1.165) is 64.3 Å². The highest BCUT2D eigenvalue weighted by Crippen LogP contribution is 2.29. The van der Waals surface area contributed by atoms with Crippen molar-refractivity contribution in [3.05, 3.63) is 12.4 Å². The van der Waals surface area contributed by atoms with Gasteiger partial charge in [0.25, 0.3) is 0 Å². The minimum Gasteiger partial charge on any atom is -0.396 e. The summed E-state index contributed by atoms with van der Waals surface area (Å²) in [6.45, 7) is 6.85. The summed E-state index contributed by atoms with van der Waals surface area (Å²) in [5.41, 5.74) is 5.81. The van der Waals surface area contributed by atoms with Crippen molar-refractivity contribution >= 4 is 11.6 Å². The SMILES string of the molecule is CN1CCN([C@@H]2CCN(c3cc(N)ncn3)C[C@@H]2CCCO)CC1. The van der Waals surface area contributed by atoms with Gasteiger partial charge in [-0.15, -0.1) is 0 Å². The number of rotatable bonds is 5. The molecule has 2 atom stereocenters. The van der Waals surface area contributed by atoms with Crippen LogP contribution in [0.2, 0.25) is 0 Å². The number of piperidine rings is 1. The largest absolute Gasteiger partial charge is 0.396 e. The van der Waals surface area contributed by atoms with Crippen LogP contribution in [0.4, 0.5) is 11.6 Å². The van der Waals surface area contributed by atoms with Crippen LogP contribution >= 0.6 is 0 Å². The van der Waals surface area contributed by atoms with Crippen molar-refractivity contribution in [2.24, 2.45) is 5.92 Å². The molecule has 0 saturated carbocycles. The highest BCUT2D eigenvalue weighted by Gasteiger charge is 2.34. The van der Waals surface area contributed by atoms with Crippen LogP contribution in [0.1, 0.15) is 19.3 Å². The summed E-state index contributed by atoms with van der Waals surface area (Å²) in [7, 11) is 2.20. The van der Waals surface area contributed by atoms with E-state index in [1.165, 1.54) is 0 Å². The zero-order valence-corrected chi connectivity index (χ0v) is 14.6. The van der Waals surface area contributed by atoms with Crippen LogP contribution in [-0.2, 0) is 0 Å². The molecule has 0 spiro atoms. The zero-order chi connectivity index (χ0) is 16.9. The first-order valence-corrected chi connectivity index (χ1v) is 9.03. The quantitative estimate of drug-likeness (QED) is 0.800. The smallest absolute Gasteiger partial charge is 0.134 e. The molecule has 0 amide bonds. The Bertz CT molecular complexity index is 520. The Morgan fingerprint density at radius 2 is 2.00 bits per heavy atom. The molecule has 7 nitrogen and oxygen atoms in total. The Morgan fingerprint density at radius 1 is 1.21 bits per heavy atom. The summed E-state index contributed by atoms with van der Waals surface area (Å²) in [5, 5.41) is 9.28. The van der Waals surface area contributed by atoms with E-state index in [2.05, 4.69) is 31.7 Å². The maximum absolute atomic E-state index is 9.28. The van der Waals surface area contributed by atoms with Crippen molar-refractivity contribution in [3.8, 4) is 0 Å². The molecule has 0 unspecified atom stereocenters. The van der Waals surface area contributed by atoms with Crippen molar-refractivity contribution in [2.75, 3.05) is 63.6 Å². The Kier molecular flexibility index (Phi) is 5.86. The molecule has 24 heavy (non-hydrogen) atoms. The lowest BCUT2D eigenvalue weighted by Crippen LogP contribution is -2.56. The molecule has 1 aromatic rings. The van der Waals surface area contributed by atoms with Gasteiger partial charge >= 0.3 is 0 Å². The number of aromatic nitrogens is 2. The number of aliphatic hydroxyl groups is 1. The summed E-state index contributed by atoms with van der Waals surface area (Å²) in [5.74, 6) is 2.01. The maximum atomic E-state index is 9.28. The molecule has 0 radical (unpaired) electrons. The number of piperazine rings is 1. The van der Waals surface area contributed by atoms with Crippen LogP contribution in [0, 0.1) is 5.92 Å². The van der Waals surface area contributed by atoms with Crippen molar-refractivity contribution < 1.29 is 5.11 Å². The Hall–Kier alpha value is -1.44. The van der Waals surface area contributed by atoms with E-state index in [-0.39, 0.29) is 6.61 Å². The van der Waals surface area contributed by atoms with E-state index in [1.807, 2.05) is 6.07 Å². The van der Waals surface area contributed by atoms with E-state index in [1.54, 1.807) is 6.33 Å². The van der Waals surface area contributed by atoms with Crippen LogP contribution in [0.25, 0.3) is 0 Å². The summed E-state index contributed by atoms with van der Waals surface area (Å²) in [6.07, 6.45) is 4.61. The summed E-state index contributed by atoms with van der Waals surface area (Å²) in [6, 6.07) is 2.47. The minimum absolute atomic E-state index is 0.270. The summed E-state index contributed by atoms with van der Waals surface area (Å²) < 4.78 is 0. The molecule has 134 valence electrons. The lowest BCUT2D eigenvalue weighted by Gasteiger charge is -2.46. The third-order valence-electron chi connectivity index (χ3n) is 5.43. The van der Waals surface area contributed by atoms with Gasteiger partial charge in [-0.05, 0) is 32.2 Å². The van der Waals surface area contributed by atoms with Crippen molar-refractivity contribution in [1.29, 1.82) is 0 Å². The molecule has 2 aliphatic heterocycles. The van der Waals surface area contributed by atoms with Crippen LogP contribution in [0.5, 0.6) is 0 Å². The molecule has 3 N–H and O–H groups in total. The molecule has 0 aliphatic carbocycles. The topological polar surface area (TPSA) is 81.8 Å². The maximum Gasteiger partial charge on any atom is 0.134 e. The van der Waals surface area contributed by atoms with E-state index in [9.17, 15) is 5.11 Å². The lowest BCUT2D eigenvalue weighted by atomic mass is 9.86. The van der Waals surface area contributed by atoms with E-state index >= 15 is 0 Å². The van der Waals surface area contributed by atoms with Crippen LogP contribution in [0.15, 0.2) is 12.4 Å². The first-order chi connectivity index (χ1) is 11.7. The molecule has 2 fully saturated rings. The number of likely N-dealkylation sites (N-methyl/N-ethyl adjacent to an activating group) is 1. The lowest BCUT2D eigenvalue weighted by molar-refractivity contribution is 0.0637. The number of aliphatic hydroxyl groups excluding tert-OH is 1.